The molecule has 0 saturated heterocycles. The second kappa shape index (κ2) is 21.5. The number of nitrogens with zero attached hydrogens (tertiary/aromatic N) is 3. The largest absolute Gasteiger partial charge is 0.481 e. The van der Waals surface area contributed by atoms with Gasteiger partial charge in [0.25, 0.3) is 0 Å². The molecule has 21 heteroatoms. The molecule has 1 rings (SSSR count). The van der Waals surface area contributed by atoms with Crippen molar-refractivity contribution < 1.29 is 58.5 Å². The van der Waals surface area contributed by atoms with Crippen LogP contribution in [0.1, 0.15) is 78.3 Å². The van der Waals surface area contributed by atoms with Crippen LogP contribution in [-0.2, 0) is 56.1 Å². The second-order valence-corrected chi connectivity index (χ2v) is 12.1. The zero-order valence-corrected chi connectivity index (χ0v) is 28.8. The van der Waals surface area contributed by atoms with E-state index in [1.165, 1.54) is 13.8 Å². The number of amides is 6. The number of nitrogens with two attached hydrogens (primary N) is 1. The predicted octanol–water partition coefficient (Wildman–Crippen LogP) is -2.59. The van der Waals surface area contributed by atoms with Crippen molar-refractivity contribution in [1.29, 1.82) is 0 Å². The molecule has 0 bridgehead atoms. The van der Waals surface area contributed by atoms with Gasteiger partial charge in [-0.2, -0.15) is 0 Å². The first-order chi connectivity index (χ1) is 23.8. The number of carbonyl (C=O) groups is 9. The number of rotatable bonds is 24. The molecule has 0 saturated carbocycles. The van der Waals surface area contributed by atoms with Crippen molar-refractivity contribution in [1.82, 2.24) is 41.6 Å². The first-order valence-electron chi connectivity index (χ1n) is 16.2. The lowest BCUT2D eigenvalue weighted by Gasteiger charge is -2.28. The predicted molar refractivity (Wildman–Crippen MR) is 174 cm³/mol. The van der Waals surface area contributed by atoms with Crippen molar-refractivity contribution in [2.75, 3.05) is 0 Å². The number of carbonyl (C=O) groups excluding carboxylic acids is 6. The number of primary amides is 1. The fourth-order valence-electron chi connectivity index (χ4n) is 4.64. The van der Waals surface area contributed by atoms with Crippen LogP contribution in [0.2, 0.25) is 0 Å². The standard InChI is InChI=1S/C30H47N9O12/c1-5-6-7-10-39-14-17(37-38-39)11-19(26(31)47)34-29(50)21(13-24(45)46)35-30(51)25(15(2)3)36-27(48)18(8-9-22(41)42)33-28(49)20(12-23(43)44)32-16(4)40/h14-15,18-21,25H,5-13H2,1-4H3,(H2,31,47)(H,32,40)(H,33,49)(H,34,50)(H,35,51)(H,36,48)(H,41,42)(H,43,44)(H,45,46)/t18-,19-,20-,21-,25-/m0/s1. The van der Waals surface area contributed by atoms with E-state index in [2.05, 4.69) is 36.9 Å². The van der Waals surface area contributed by atoms with Gasteiger partial charge in [0, 0.05) is 32.5 Å². The lowest BCUT2D eigenvalue weighted by Crippen LogP contribution is -2.60. The van der Waals surface area contributed by atoms with E-state index in [0.717, 1.165) is 26.2 Å². The Morgan fingerprint density at radius 1 is 0.745 bits per heavy atom. The minimum Gasteiger partial charge on any atom is -0.481 e. The zero-order valence-electron chi connectivity index (χ0n) is 28.8. The van der Waals surface area contributed by atoms with Gasteiger partial charge in [0.15, 0.2) is 0 Å². The SMILES string of the molecule is CCCCCn1cc(C[C@H](NC(=O)[C@H](CC(=O)O)NC(=O)[C@@H](NC(=O)[C@H](CCC(=O)O)NC(=O)[C@H](CC(=O)O)NC(C)=O)C(C)C)C(N)=O)nn1. The molecule has 0 spiro atoms. The summed E-state index contributed by atoms with van der Waals surface area (Å²) in [4.78, 5) is 111. The van der Waals surface area contributed by atoms with Gasteiger partial charge in [-0.1, -0.05) is 38.8 Å². The third-order valence-corrected chi connectivity index (χ3v) is 7.26. The lowest BCUT2D eigenvalue weighted by molar-refractivity contribution is -0.142. The van der Waals surface area contributed by atoms with E-state index in [1.807, 2.05) is 6.92 Å². The summed E-state index contributed by atoms with van der Waals surface area (Å²) in [6.45, 7) is 6.61. The molecule has 0 aromatic carbocycles. The molecular formula is C30H47N9O12. The van der Waals surface area contributed by atoms with Crippen LogP contribution in [0.25, 0.3) is 0 Å². The molecule has 10 N–H and O–H groups in total. The molecule has 21 nitrogen and oxygen atoms in total. The summed E-state index contributed by atoms with van der Waals surface area (Å²) in [5.41, 5.74) is 5.79. The minimum atomic E-state index is -1.77. The van der Waals surface area contributed by atoms with Gasteiger partial charge in [0.05, 0.1) is 18.5 Å². The molecule has 0 unspecified atom stereocenters. The average Bonchev–Trinajstić information content (AvgIpc) is 3.46. The number of hydrogen-bond donors (Lipinski definition) is 9. The van der Waals surface area contributed by atoms with Gasteiger partial charge >= 0.3 is 17.9 Å². The molecule has 284 valence electrons. The summed E-state index contributed by atoms with van der Waals surface area (Å²) in [6.07, 6.45) is 1.21. The van der Waals surface area contributed by atoms with E-state index < -0.39 is 115 Å². The van der Waals surface area contributed by atoms with Crippen molar-refractivity contribution >= 4 is 53.4 Å². The molecule has 6 amide bonds. The number of carboxylic acids is 3. The number of carboxylic acid groups (broad SMARTS) is 3. The van der Waals surface area contributed by atoms with Gasteiger partial charge < -0.3 is 47.6 Å². The maximum absolute atomic E-state index is 13.4. The summed E-state index contributed by atoms with van der Waals surface area (Å²) < 4.78 is 1.56. The summed E-state index contributed by atoms with van der Waals surface area (Å²) in [7, 11) is 0. The zero-order chi connectivity index (χ0) is 38.8. The van der Waals surface area contributed by atoms with Crippen molar-refractivity contribution in [3.63, 3.8) is 0 Å². The molecule has 1 aromatic rings. The van der Waals surface area contributed by atoms with Gasteiger partial charge in [-0.3, -0.25) is 47.8 Å². The maximum Gasteiger partial charge on any atom is 0.305 e. The highest BCUT2D eigenvalue weighted by molar-refractivity contribution is 5.97. The Labute approximate surface area is 292 Å². The van der Waals surface area contributed by atoms with Crippen LogP contribution in [0.5, 0.6) is 0 Å². The molecule has 0 aliphatic carbocycles. The van der Waals surface area contributed by atoms with Crippen molar-refractivity contribution in [2.45, 2.75) is 116 Å². The van der Waals surface area contributed by atoms with E-state index in [0.29, 0.717) is 12.2 Å². The monoisotopic (exact) mass is 725 g/mol. The molecule has 5 atom stereocenters. The van der Waals surface area contributed by atoms with E-state index in [4.69, 9.17) is 15.9 Å². The van der Waals surface area contributed by atoms with Crippen molar-refractivity contribution in [3.8, 4) is 0 Å². The molecular weight excluding hydrogens is 678 g/mol. The Morgan fingerprint density at radius 3 is 1.76 bits per heavy atom. The van der Waals surface area contributed by atoms with Crippen LogP contribution in [0, 0.1) is 5.92 Å². The summed E-state index contributed by atoms with van der Waals surface area (Å²) >= 11 is 0. The molecule has 0 radical (unpaired) electrons. The van der Waals surface area contributed by atoms with Crippen molar-refractivity contribution in [3.05, 3.63) is 11.9 Å². The molecule has 51 heavy (non-hydrogen) atoms. The highest BCUT2D eigenvalue weighted by Crippen LogP contribution is 2.09. The van der Waals surface area contributed by atoms with Gasteiger partial charge in [-0.25, -0.2) is 0 Å². The van der Waals surface area contributed by atoms with E-state index in [-0.39, 0.29) is 6.42 Å². The average molecular weight is 726 g/mol. The minimum absolute atomic E-state index is 0.189. The van der Waals surface area contributed by atoms with E-state index >= 15 is 0 Å². The summed E-state index contributed by atoms with van der Waals surface area (Å²) in [5, 5.41) is 46.9. The Balaban J connectivity index is 3.17. The van der Waals surface area contributed by atoms with Crippen LogP contribution in [-0.4, -0.2) is 114 Å². The van der Waals surface area contributed by atoms with Gasteiger partial charge in [0.2, 0.25) is 35.4 Å². The highest BCUT2D eigenvalue weighted by atomic mass is 16.4. The Bertz CT molecular complexity index is 1410. The Morgan fingerprint density at radius 2 is 1.27 bits per heavy atom. The summed E-state index contributed by atoms with van der Waals surface area (Å²) in [5.74, 6) is -11.1. The smallest absolute Gasteiger partial charge is 0.305 e. The number of aryl methyl sites for hydroxylation is 1. The topological polar surface area (TPSA) is 331 Å². The third kappa shape index (κ3) is 16.6. The maximum atomic E-state index is 13.4. The van der Waals surface area contributed by atoms with Crippen LogP contribution in [0.15, 0.2) is 6.20 Å². The first kappa shape index (κ1) is 43.4. The molecule has 1 heterocycles. The second-order valence-electron chi connectivity index (χ2n) is 12.1. The molecule has 0 aliphatic rings. The van der Waals surface area contributed by atoms with Crippen LogP contribution in [0.4, 0.5) is 0 Å². The molecule has 1 aromatic heterocycles. The molecule has 0 fully saturated rings. The van der Waals surface area contributed by atoms with Crippen molar-refractivity contribution in [2.24, 2.45) is 11.7 Å². The van der Waals surface area contributed by atoms with E-state index in [1.54, 1.807) is 10.9 Å². The van der Waals surface area contributed by atoms with E-state index in [9.17, 15) is 48.3 Å². The van der Waals surface area contributed by atoms with Crippen LogP contribution in [0.3, 0.4) is 0 Å². The Hall–Kier alpha value is -5.63. The molecule has 0 aliphatic heterocycles. The number of unbranched alkanes of at least 4 members (excludes halogenated alkanes) is 2. The van der Waals surface area contributed by atoms with Crippen LogP contribution >= 0.6 is 0 Å². The number of aliphatic carboxylic acids is 3. The quantitative estimate of drug-likeness (QED) is 0.0494. The normalized spacial score (nSPS) is 13.8. The van der Waals surface area contributed by atoms with Gasteiger partial charge in [-0.05, 0) is 18.8 Å². The summed E-state index contributed by atoms with van der Waals surface area (Å²) in [6, 6.07) is -7.87. The number of aromatic nitrogens is 3. The highest BCUT2D eigenvalue weighted by Gasteiger charge is 2.34. The number of nitrogens with one attached hydrogen (secondary N) is 5. The number of hydrogen-bond acceptors (Lipinski definition) is 11. The van der Waals surface area contributed by atoms with Crippen LogP contribution < -0.4 is 32.3 Å². The first-order valence-corrected chi connectivity index (χ1v) is 16.2. The fraction of sp³-hybridized carbons (Fsp3) is 0.633. The fourth-order valence-corrected chi connectivity index (χ4v) is 4.64. The van der Waals surface area contributed by atoms with Gasteiger partial charge in [0.1, 0.15) is 30.2 Å². The third-order valence-electron chi connectivity index (χ3n) is 7.26. The van der Waals surface area contributed by atoms with Gasteiger partial charge in [-0.15, -0.1) is 5.10 Å². The Kier molecular flexibility index (Phi) is 18.3. The lowest BCUT2D eigenvalue weighted by atomic mass is 10.0.